The second-order valence-electron chi connectivity index (χ2n) is 7.60. The normalized spacial score (nSPS) is 22.1. The van der Waals surface area contributed by atoms with E-state index in [0.29, 0.717) is 0 Å². The van der Waals surface area contributed by atoms with Gasteiger partial charge >= 0.3 is 0 Å². The molecule has 0 aliphatic heterocycles. The van der Waals surface area contributed by atoms with Crippen molar-refractivity contribution < 1.29 is 21.6 Å². The monoisotopic (exact) mass is 399 g/mol. The summed E-state index contributed by atoms with van der Waals surface area (Å²) in [7, 11) is -7.26. The molecule has 1 N–H and O–H groups in total. The van der Waals surface area contributed by atoms with Crippen LogP contribution in [-0.2, 0) is 19.7 Å². The number of rotatable bonds is 6. The molecule has 0 aromatic heterocycles. The number of hydrogen-bond donors (Lipinski definition) is 1. The number of benzene rings is 1. The molecule has 3 rings (SSSR count). The summed E-state index contributed by atoms with van der Waals surface area (Å²) in [5.74, 6) is -1.38. The fourth-order valence-electron chi connectivity index (χ4n) is 3.89. The maximum atomic E-state index is 12.7. The molecule has 1 unspecified atom stereocenters. The van der Waals surface area contributed by atoms with Crippen molar-refractivity contribution in [2.45, 2.75) is 49.5 Å². The predicted octanol–water partition coefficient (Wildman–Crippen LogP) is 1.96. The van der Waals surface area contributed by atoms with Gasteiger partial charge in [-0.05, 0) is 36.8 Å². The minimum atomic E-state index is -3.86. The maximum absolute atomic E-state index is 12.7. The standard InChI is InChI=1S/C18H25NO5S2/c1-25(21,22)11-12-26(23,24)15-8-4-3-7-14(15)17(20)19-16-13-18(16)9-5-2-6-10-18/h3-4,7-8,16H,2,5-6,9-13H2,1H3,(H,19,20). The Labute approximate surface area is 155 Å². The summed E-state index contributed by atoms with van der Waals surface area (Å²) in [6.45, 7) is 0. The second-order valence-corrected chi connectivity index (χ2v) is 11.9. The van der Waals surface area contributed by atoms with Crippen molar-refractivity contribution in [1.29, 1.82) is 0 Å². The largest absolute Gasteiger partial charge is 0.349 e. The Morgan fingerprint density at radius 2 is 1.73 bits per heavy atom. The van der Waals surface area contributed by atoms with Crippen LogP contribution in [0.2, 0.25) is 0 Å². The summed E-state index contributed by atoms with van der Waals surface area (Å²) >= 11 is 0. The number of nitrogens with one attached hydrogen (secondary N) is 1. The van der Waals surface area contributed by atoms with Crippen LogP contribution in [0.5, 0.6) is 0 Å². The number of amides is 1. The van der Waals surface area contributed by atoms with Crippen molar-refractivity contribution in [2.24, 2.45) is 5.41 Å². The first kappa shape index (κ1) is 19.4. The van der Waals surface area contributed by atoms with Crippen LogP contribution in [-0.4, -0.2) is 46.5 Å². The average Bonchev–Trinajstić information content (AvgIpc) is 3.24. The van der Waals surface area contributed by atoms with Gasteiger partial charge in [0.2, 0.25) is 0 Å². The fourth-order valence-corrected chi connectivity index (χ4v) is 6.98. The maximum Gasteiger partial charge on any atom is 0.252 e. The lowest BCUT2D eigenvalue weighted by Crippen LogP contribution is -2.32. The van der Waals surface area contributed by atoms with Crippen LogP contribution >= 0.6 is 0 Å². The zero-order valence-corrected chi connectivity index (χ0v) is 16.5. The Morgan fingerprint density at radius 3 is 2.38 bits per heavy atom. The molecule has 2 aliphatic rings. The van der Waals surface area contributed by atoms with E-state index in [4.69, 9.17) is 0 Å². The molecule has 1 atom stereocenters. The van der Waals surface area contributed by atoms with Crippen LogP contribution < -0.4 is 5.32 Å². The van der Waals surface area contributed by atoms with E-state index in [0.717, 1.165) is 25.5 Å². The van der Waals surface area contributed by atoms with Crippen molar-refractivity contribution in [3.05, 3.63) is 29.8 Å². The molecule has 1 aromatic carbocycles. The van der Waals surface area contributed by atoms with E-state index in [1.54, 1.807) is 12.1 Å². The number of carbonyl (C=O) groups excluding carboxylic acids is 1. The molecule has 1 aromatic rings. The summed E-state index contributed by atoms with van der Waals surface area (Å²) < 4.78 is 47.7. The van der Waals surface area contributed by atoms with Gasteiger partial charge in [0.05, 0.1) is 22.0 Å². The van der Waals surface area contributed by atoms with E-state index in [-0.39, 0.29) is 21.9 Å². The van der Waals surface area contributed by atoms with Gasteiger partial charge in [-0.25, -0.2) is 16.8 Å². The summed E-state index contributed by atoms with van der Waals surface area (Å²) in [4.78, 5) is 12.6. The fraction of sp³-hybridized carbons (Fsp3) is 0.611. The van der Waals surface area contributed by atoms with Gasteiger partial charge in [0.15, 0.2) is 9.84 Å². The lowest BCUT2D eigenvalue weighted by Gasteiger charge is -2.22. The van der Waals surface area contributed by atoms with E-state index in [1.807, 2.05) is 0 Å². The molecule has 1 spiro atoms. The van der Waals surface area contributed by atoms with Gasteiger partial charge in [-0.1, -0.05) is 31.4 Å². The SMILES string of the molecule is CS(=O)(=O)CCS(=O)(=O)c1ccccc1C(=O)NC1CC12CCCCC2. The van der Waals surface area contributed by atoms with Crippen molar-refractivity contribution in [1.82, 2.24) is 5.32 Å². The summed E-state index contributed by atoms with van der Waals surface area (Å²) in [6.07, 6.45) is 7.80. The highest BCUT2D eigenvalue weighted by Crippen LogP contribution is 2.56. The molecule has 0 bridgehead atoms. The van der Waals surface area contributed by atoms with Crippen LogP contribution in [0.15, 0.2) is 29.2 Å². The summed E-state index contributed by atoms with van der Waals surface area (Å²) in [5, 5.41) is 2.99. The van der Waals surface area contributed by atoms with Crippen molar-refractivity contribution in [3.8, 4) is 0 Å². The summed E-state index contributed by atoms with van der Waals surface area (Å²) in [6, 6.07) is 6.13. The van der Waals surface area contributed by atoms with E-state index >= 15 is 0 Å². The third kappa shape index (κ3) is 4.28. The van der Waals surface area contributed by atoms with Crippen molar-refractivity contribution in [3.63, 3.8) is 0 Å². The Kier molecular flexibility index (Phi) is 5.18. The van der Waals surface area contributed by atoms with E-state index in [9.17, 15) is 21.6 Å². The first-order valence-corrected chi connectivity index (χ1v) is 12.6. The highest BCUT2D eigenvalue weighted by molar-refractivity contribution is 7.94. The van der Waals surface area contributed by atoms with Crippen LogP contribution in [0, 0.1) is 5.41 Å². The number of sulfone groups is 2. The van der Waals surface area contributed by atoms with Gasteiger partial charge in [-0.3, -0.25) is 4.79 Å². The highest BCUT2D eigenvalue weighted by Gasteiger charge is 2.54. The summed E-state index contributed by atoms with van der Waals surface area (Å²) in [5.41, 5.74) is 0.303. The van der Waals surface area contributed by atoms with Gasteiger partial charge in [0.1, 0.15) is 9.84 Å². The molecule has 0 saturated heterocycles. The van der Waals surface area contributed by atoms with Gasteiger partial charge < -0.3 is 5.32 Å². The van der Waals surface area contributed by atoms with E-state index in [1.165, 1.54) is 31.4 Å². The molecule has 2 aliphatic carbocycles. The Bertz CT molecular complexity index is 899. The molecule has 2 saturated carbocycles. The zero-order valence-electron chi connectivity index (χ0n) is 14.9. The van der Waals surface area contributed by atoms with E-state index < -0.39 is 37.1 Å². The lowest BCUT2D eigenvalue weighted by atomic mass is 9.86. The van der Waals surface area contributed by atoms with E-state index in [2.05, 4.69) is 5.32 Å². The molecule has 0 heterocycles. The third-order valence-electron chi connectivity index (χ3n) is 5.53. The molecule has 144 valence electrons. The predicted molar refractivity (Wildman–Crippen MR) is 99.6 cm³/mol. The Morgan fingerprint density at radius 1 is 1.08 bits per heavy atom. The first-order chi connectivity index (χ1) is 12.1. The Balaban J connectivity index is 1.75. The molecule has 0 radical (unpaired) electrons. The van der Waals surface area contributed by atoms with Crippen molar-refractivity contribution >= 4 is 25.6 Å². The quantitative estimate of drug-likeness (QED) is 0.789. The molecule has 8 heteroatoms. The molecular weight excluding hydrogens is 374 g/mol. The van der Waals surface area contributed by atoms with Crippen LogP contribution in [0.4, 0.5) is 0 Å². The number of hydrogen-bond acceptors (Lipinski definition) is 5. The van der Waals surface area contributed by atoms with Crippen LogP contribution in [0.3, 0.4) is 0 Å². The molecular formula is C18H25NO5S2. The third-order valence-corrected chi connectivity index (χ3v) is 8.51. The number of carbonyl (C=O) groups is 1. The topological polar surface area (TPSA) is 97.4 Å². The van der Waals surface area contributed by atoms with Gasteiger partial charge in [0, 0.05) is 12.3 Å². The van der Waals surface area contributed by atoms with Crippen molar-refractivity contribution in [2.75, 3.05) is 17.8 Å². The average molecular weight is 400 g/mol. The highest BCUT2D eigenvalue weighted by atomic mass is 32.2. The minimum absolute atomic E-state index is 0.0962. The molecule has 1 amide bonds. The minimum Gasteiger partial charge on any atom is -0.349 e. The van der Waals surface area contributed by atoms with Gasteiger partial charge in [0.25, 0.3) is 5.91 Å². The molecule has 26 heavy (non-hydrogen) atoms. The second kappa shape index (κ2) is 6.96. The van der Waals surface area contributed by atoms with Crippen LogP contribution in [0.1, 0.15) is 48.9 Å². The van der Waals surface area contributed by atoms with Crippen LogP contribution in [0.25, 0.3) is 0 Å². The lowest BCUT2D eigenvalue weighted by molar-refractivity contribution is 0.0938. The molecule has 6 nitrogen and oxygen atoms in total. The molecule has 2 fully saturated rings. The smallest absolute Gasteiger partial charge is 0.252 e. The van der Waals surface area contributed by atoms with Gasteiger partial charge in [-0.15, -0.1) is 0 Å². The van der Waals surface area contributed by atoms with Gasteiger partial charge in [-0.2, -0.15) is 0 Å². The first-order valence-electron chi connectivity index (χ1n) is 8.93. The Hall–Kier alpha value is -1.41. The zero-order chi connectivity index (χ0) is 19.0.